The number of rotatable bonds is 4. The lowest BCUT2D eigenvalue weighted by molar-refractivity contribution is 0.102. The number of aryl methyl sites for hydroxylation is 1. The fraction of sp³-hybridized carbons (Fsp3) is 0.111. The molecule has 0 aliphatic rings. The number of para-hydroxylation sites is 1. The zero-order chi connectivity index (χ0) is 14.7. The Labute approximate surface area is 128 Å². The van der Waals surface area contributed by atoms with Crippen molar-refractivity contribution < 1.29 is 4.79 Å². The predicted octanol–water partition coefficient (Wildman–Crippen LogP) is 4.52. The van der Waals surface area contributed by atoms with Gasteiger partial charge >= 0.3 is 0 Å². The van der Waals surface area contributed by atoms with Crippen molar-refractivity contribution in [3.05, 3.63) is 71.9 Å². The van der Waals surface area contributed by atoms with E-state index >= 15 is 0 Å². The highest BCUT2D eigenvalue weighted by Crippen LogP contribution is 2.22. The number of Topliss-reactive ketones (excluding diaryl/α,β-unsaturated/α-hetero) is 1. The molecule has 1 heterocycles. The van der Waals surface area contributed by atoms with E-state index in [-0.39, 0.29) is 5.78 Å². The number of carbonyl (C=O) groups is 1. The number of aromatic nitrogens is 1. The smallest absolute Gasteiger partial charge is 0.175 e. The highest BCUT2D eigenvalue weighted by atomic mass is 32.2. The SMILES string of the molecule is Cc1cccc(SCC(=O)c2cccc3cccnc23)c1. The maximum atomic E-state index is 12.5. The van der Waals surface area contributed by atoms with Crippen LogP contribution in [0.1, 0.15) is 15.9 Å². The predicted molar refractivity (Wildman–Crippen MR) is 88.0 cm³/mol. The summed E-state index contributed by atoms with van der Waals surface area (Å²) < 4.78 is 0. The van der Waals surface area contributed by atoms with Gasteiger partial charge in [-0.3, -0.25) is 9.78 Å². The average molecular weight is 293 g/mol. The molecule has 0 N–H and O–H groups in total. The lowest BCUT2D eigenvalue weighted by Gasteiger charge is -2.05. The summed E-state index contributed by atoms with van der Waals surface area (Å²) in [6, 6.07) is 17.8. The summed E-state index contributed by atoms with van der Waals surface area (Å²) in [7, 11) is 0. The van der Waals surface area contributed by atoms with Crippen LogP contribution in [0.25, 0.3) is 10.9 Å². The van der Waals surface area contributed by atoms with Gasteiger partial charge in [-0.15, -0.1) is 11.8 Å². The van der Waals surface area contributed by atoms with Gasteiger partial charge in [-0.2, -0.15) is 0 Å². The highest BCUT2D eigenvalue weighted by Gasteiger charge is 2.11. The zero-order valence-electron chi connectivity index (χ0n) is 11.7. The number of hydrogen-bond donors (Lipinski definition) is 0. The van der Waals surface area contributed by atoms with Gasteiger partial charge in [0.25, 0.3) is 0 Å². The molecule has 0 saturated carbocycles. The Kier molecular flexibility index (Phi) is 4.02. The van der Waals surface area contributed by atoms with Crippen LogP contribution in [0.15, 0.2) is 65.7 Å². The Balaban J connectivity index is 1.81. The summed E-state index contributed by atoms with van der Waals surface area (Å²) in [5.41, 5.74) is 2.70. The van der Waals surface area contributed by atoms with Gasteiger partial charge < -0.3 is 0 Å². The molecule has 2 aromatic carbocycles. The summed E-state index contributed by atoms with van der Waals surface area (Å²) in [6.07, 6.45) is 1.73. The van der Waals surface area contributed by atoms with E-state index in [1.165, 1.54) is 5.56 Å². The molecular formula is C18H15NOS. The molecule has 0 aliphatic heterocycles. The van der Waals surface area contributed by atoms with Crippen LogP contribution in [-0.4, -0.2) is 16.5 Å². The molecule has 1 aromatic heterocycles. The van der Waals surface area contributed by atoms with Crippen LogP contribution in [-0.2, 0) is 0 Å². The molecule has 0 bridgehead atoms. The standard InChI is InChI=1S/C18H15NOS/c1-13-5-2-8-15(11-13)21-12-17(20)16-9-3-6-14-7-4-10-19-18(14)16/h2-11H,12H2,1H3. The quantitative estimate of drug-likeness (QED) is 0.523. The molecule has 104 valence electrons. The number of pyridine rings is 1. The first-order valence-corrected chi connectivity index (χ1v) is 7.79. The van der Waals surface area contributed by atoms with Gasteiger partial charge in [0.05, 0.1) is 11.3 Å². The number of thioether (sulfide) groups is 1. The van der Waals surface area contributed by atoms with E-state index in [0.717, 1.165) is 15.8 Å². The Hall–Kier alpha value is -2.13. The Morgan fingerprint density at radius 2 is 1.90 bits per heavy atom. The van der Waals surface area contributed by atoms with Crippen LogP contribution in [0.3, 0.4) is 0 Å². The van der Waals surface area contributed by atoms with E-state index in [2.05, 4.69) is 24.0 Å². The van der Waals surface area contributed by atoms with Crippen LogP contribution in [0.2, 0.25) is 0 Å². The third-order valence-electron chi connectivity index (χ3n) is 3.29. The van der Waals surface area contributed by atoms with Crippen LogP contribution in [0, 0.1) is 6.92 Å². The van der Waals surface area contributed by atoms with E-state index in [4.69, 9.17) is 0 Å². The molecular weight excluding hydrogens is 278 g/mol. The maximum absolute atomic E-state index is 12.5. The molecule has 0 saturated heterocycles. The molecule has 0 atom stereocenters. The number of hydrogen-bond acceptors (Lipinski definition) is 3. The van der Waals surface area contributed by atoms with Crippen molar-refractivity contribution in [3.8, 4) is 0 Å². The van der Waals surface area contributed by atoms with Crippen molar-refractivity contribution in [2.45, 2.75) is 11.8 Å². The van der Waals surface area contributed by atoms with Gasteiger partial charge in [0.1, 0.15) is 0 Å². The van der Waals surface area contributed by atoms with Crippen LogP contribution in [0.5, 0.6) is 0 Å². The summed E-state index contributed by atoms with van der Waals surface area (Å²) >= 11 is 1.57. The summed E-state index contributed by atoms with van der Waals surface area (Å²) in [5.74, 6) is 0.546. The van der Waals surface area contributed by atoms with E-state index in [1.54, 1.807) is 18.0 Å². The van der Waals surface area contributed by atoms with Crippen molar-refractivity contribution >= 4 is 28.4 Å². The molecule has 21 heavy (non-hydrogen) atoms. The molecule has 0 unspecified atom stereocenters. The molecule has 0 radical (unpaired) electrons. The van der Waals surface area contributed by atoms with Gasteiger partial charge in [0.2, 0.25) is 0 Å². The fourth-order valence-corrected chi connectivity index (χ4v) is 3.16. The third kappa shape index (κ3) is 3.14. The minimum atomic E-state index is 0.116. The van der Waals surface area contributed by atoms with Crippen molar-refractivity contribution in [3.63, 3.8) is 0 Å². The Bertz CT molecular complexity index is 793. The van der Waals surface area contributed by atoms with E-state index in [1.807, 2.05) is 42.5 Å². The molecule has 0 amide bonds. The summed E-state index contributed by atoms with van der Waals surface area (Å²) in [4.78, 5) is 17.9. The average Bonchev–Trinajstić information content (AvgIpc) is 2.52. The molecule has 3 aromatic rings. The number of fused-ring (bicyclic) bond motifs is 1. The number of carbonyl (C=O) groups excluding carboxylic acids is 1. The highest BCUT2D eigenvalue weighted by molar-refractivity contribution is 8.00. The molecule has 0 fully saturated rings. The minimum absolute atomic E-state index is 0.116. The van der Waals surface area contributed by atoms with Gasteiger partial charge in [0.15, 0.2) is 5.78 Å². The first kappa shape index (κ1) is 13.8. The molecule has 3 rings (SSSR count). The van der Waals surface area contributed by atoms with Gasteiger partial charge in [0, 0.05) is 22.0 Å². The lowest BCUT2D eigenvalue weighted by atomic mass is 10.1. The third-order valence-corrected chi connectivity index (χ3v) is 4.29. The molecule has 0 spiro atoms. The van der Waals surface area contributed by atoms with Gasteiger partial charge in [-0.1, -0.05) is 35.9 Å². The first-order valence-electron chi connectivity index (χ1n) is 6.80. The molecule has 2 nitrogen and oxygen atoms in total. The molecule has 0 aliphatic carbocycles. The zero-order valence-corrected chi connectivity index (χ0v) is 12.6. The van der Waals surface area contributed by atoms with Gasteiger partial charge in [-0.25, -0.2) is 0 Å². The largest absolute Gasteiger partial charge is 0.293 e. The topological polar surface area (TPSA) is 30.0 Å². The van der Waals surface area contributed by atoms with Crippen LogP contribution < -0.4 is 0 Å². The Morgan fingerprint density at radius 3 is 2.76 bits per heavy atom. The van der Waals surface area contributed by atoms with Crippen molar-refractivity contribution in [2.24, 2.45) is 0 Å². The Morgan fingerprint density at radius 1 is 1.10 bits per heavy atom. The normalized spacial score (nSPS) is 10.7. The van der Waals surface area contributed by atoms with Gasteiger partial charge in [-0.05, 0) is 31.2 Å². The number of nitrogens with zero attached hydrogens (tertiary/aromatic N) is 1. The molecule has 3 heteroatoms. The van der Waals surface area contributed by atoms with Crippen molar-refractivity contribution in [2.75, 3.05) is 5.75 Å². The second-order valence-electron chi connectivity index (χ2n) is 4.91. The summed E-state index contributed by atoms with van der Waals surface area (Å²) in [6.45, 7) is 2.06. The second-order valence-corrected chi connectivity index (χ2v) is 5.96. The lowest BCUT2D eigenvalue weighted by Crippen LogP contribution is -2.04. The van der Waals surface area contributed by atoms with Crippen LogP contribution in [0.4, 0.5) is 0 Å². The number of benzene rings is 2. The van der Waals surface area contributed by atoms with E-state index in [9.17, 15) is 4.79 Å². The van der Waals surface area contributed by atoms with E-state index < -0.39 is 0 Å². The maximum Gasteiger partial charge on any atom is 0.175 e. The monoisotopic (exact) mass is 293 g/mol. The van der Waals surface area contributed by atoms with E-state index in [0.29, 0.717) is 11.3 Å². The first-order chi connectivity index (χ1) is 10.2. The van der Waals surface area contributed by atoms with Crippen molar-refractivity contribution in [1.29, 1.82) is 0 Å². The minimum Gasteiger partial charge on any atom is -0.293 e. The van der Waals surface area contributed by atoms with Crippen molar-refractivity contribution in [1.82, 2.24) is 4.98 Å². The van der Waals surface area contributed by atoms with Crippen LogP contribution >= 0.6 is 11.8 Å². The fourth-order valence-electron chi connectivity index (χ4n) is 2.26. The summed E-state index contributed by atoms with van der Waals surface area (Å²) in [5, 5.41) is 1.00. The second kappa shape index (κ2) is 6.10. The number of ketones is 1.